The van der Waals surface area contributed by atoms with Crippen molar-refractivity contribution in [3.05, 3.63) is 82.9 Å². The van der Waals surface area contributed by atoms with Crippen LogP contribution in [-0.2, 0) is 14.8 Å². The largest absolute Gasteiger partial charge is 0.447 e. The summed E-state index contributed by atoms with van der Waals surface area (Å²) < 4.78 is 103. The standard InChI is InChI=1S/C34H35ClF5N9O5S/c1-33(2,3)10-11-41-31-46-28(37)29-43-18-45-49(29)26-13-19(5-9-24(26)35)27(16-54-32(51)42-17-34(38,39)40)48(31)30(50)20-4-8-23(25(36)12-20)21-14-44-47(15-21)55(52,53)22-6-7-22/h4-5,8-9,12-15,18,22,27-28H,6-7,10-11,16-17H2,1-3H3,(H,41,46)(H,42,51)/t27-,28?/m1/s1. The summed E-state index contributed by atoms with van der Waals surface area (Å²) in [5, 5.41) is 11.6. The molecule has 2 bridgehead atoms. The summed E-state index contributed by atoms with van der Waals surface area (Å²) in [5.41, 5.74) is -0.275. The van der Waals surface area contributed by atoms with Gasteiger partial charge in [0, 0.05) is 23.2 Å². The Hall–Kier alpha value is -5.11. The summed E-state index contributed by atoms with van der Waals surface area (Å²) in [4.78, 5) is 36.7. The van der Waals surface area contributed by atoms with Crippen LogP contribution in [0.4, 0.5) is 26.7 Å². The lowest BCUT2D eigenvalue weighted by atomic mass is 9.92. The van der Waals surface area contributed by atoms with E-state index >= 15 is 8.78 Å². The Balaban J connectivity index is 1.45. The summed E-state index contributed by atoms with van der Waals surface area (Å²) in [6.07, 6.45) is -3.61. The van der Waals surface area contributed by atoms with E-state index in [0.717, 1.165) is 32.3 Å². The average molecular weight is 812 g/mol. The van der Waals surface area contributed by atoms with Crippen molar-refractivity contribution >= 4 is 39.6 Å². The number of halogens is 6. The molecule has 55 heavy (non-hydrogen) atoms. The number of alkyl carbamates (subject to hydrolysis) is 1. The number of aromatic nitrogens is 5. The van der Waals surface area contributed by atoms with Crippen LogP contribution in [0.15, 0.2) is 60.1 Å². The first-order valence-electron chi connectivity index (χ1n) is 16.9. The van der Waals surface area contributed by atoms with E-state index in [4.69, 9.17) is 16.3 Å². The smallest absolute Gasteiger partial charge is 0.407 e. The molecule has 21 heteroatoms. The molecule has 2 aliphatic rings. The lowest BCUT2D eigenvalue weighted by molar-refractivity contribution is -0.123. The highest BCUT2D eigenvalue weighted by atomic mass is 35.5. The molecule has 294 valence electrons. The third-order valence-electron chi connectivity index (χ3n) is 8.62. The van der Waals surface area contributed by atoms with Gasteiger partial charge in [0.05, 0.1) is 34.4 Å². The first kappa shape index (κ1) is 39.6. The highest BCUT2D eigenvalue weighted by Crippen LogP contribution is 2.34. The van der Waals surface area contributed by atoms with Gasteiger partial charge in [-0.25, -0.2) is 31.7 Å². The number of carbonyl (C=O) groups excluding carboxylic acids is 2. The van der Waals surface area contributed by atoms with Crippen molar-refractivity contribution in [2.45, 2.75) is 63.8 Å². The molecule has 1 fully saturated rings. The predicted molar refractivity (Wildman–Crippen MR) is 189 cm³/mol. The first-order valence-corrected chi connectivity index (χ1v) is 18.8. The lowest BCUT2D eigenvalue weighted by Crippen LogP contribution is -2.50. The molecule has 1 aliphatic carbocycles. The number of nitrogens with one attached hydrogen (secondary N) is 2. The first-order chi connectivity index (χ1) is 25.8. The molecule has 0 radical (unpaired) electrons. The molecule has 1 saturated carbocycles. The molecule has 3 heterocycles. The fourth-order valence-corrected chi connectivity index (χ4v) is 7.25. The van der Waals surface area contributed by atoms with Crippen molar-refractivity contribution < 1.29 is 44.7 Å². The number of fused-ring (bicyclic) bond motifs is 4. The van der Waals surface area contributed by atoms with Crippen molar-refractivity contribution in [3.63, 3.8) is 0 Å². The number of nitrogens with zero attached hydrogens (tertiary/aromatic N) is 7. The minimum Gasteiger partial charge on any atom is -0.447 e. The molecule has 0 spiro atoms. The maximum absolute atomic E-state index is 16.3. The highest BCUT2D eigenvalue weighted by Gasteiger charge is 2.39. The number of amides is 2. The number of rotatable bonds is 9. The van der Waals surface area contributed by atoms with Crippen molar-refractivity contribution in [2.24, 2.45) is 10.4 Å². The fourth-order valence-electron chi connectivity index (χ4n) is 5.58. The van der Waals surface area contributed by atoms with Gasteiger partial charge in [-0.3, -0.25) is 14.7 Å². The quantitative estimate of drug-likeness (QED) is 0.150. The Morgan fingerprint density at radius 3 is 2.53 bits per heavy atom. The zero-order chi connectivity index (χ0) is 39.9. The van der Waals surface area contributed by atoms with Gasteiger partial charge in [-0.1, -0.05) is 44.5 Å². The van der Waals surface area contributed by atoms with Crippen molar-refractivity contribution in [2.75, 3.05) is 19.7 Å². The molecule has 2 aromatic heterocycles. The van der Waals surface area contributed by atoms with Gasteiger partial charge in [0.25, 0.3) is 15.9 Å². The Kier molecular flexibility index (Phi) is 10.9. The molecule has 0 saturated heterocycles. The maximum atomic E-state index is 16.3. The number of carbonyl (C=O) groups is 2. The molecule has 2 amide bonds. The third-order valence-corrected chi connectivity index (χ3v) is 11.0. The molecule has 2 N–H and O–H groups in total. The number of guanidine groups is 1. The van der Waals surface area contributed by atoms with Gasteiger partial charge >= 0.3 is 12.3 Å². The summed E-state index contributed by atoms with van der Waals surface area (Å²) >= 11 is 6.49. The van der Waals surface area contributed by atoms with E-state index in [1.54, 1.807) is 5.32 Å². The van der Waals surface area contributed by atoms with Gasteiger partial charge in [0.1, 0.15) is 25.3 Å². The second kappa shape index (κ2) is 15.2. The van der Waals surface area contributed by atoms with E-state index in [-0.39, 0.29) is 50.7 Å². The second-order valence-corrected chi connectivity index (χ2v) is 16.5. The number of hydrogen-bond acceptors (Lipinski definition) is 9. The van der Waals surface area contributed by atoms with E-state index in [0.29, 0.717) is 19.3 Å². The number of aliphatic imine (C=N–C) groups is 1. The molecule has 4 aromatic rings. The minimum absolute atomic E-state index is 0.0294. The predicted octanol–water partition coefficient (Wildman–Crippen LogP) is 6.10. The zero-order valence-corrected chi connectivity index (χ0v) is 31.1. The Morgan fingerprint density at radius 2 is 1.85 bits per heavy atom. The van der Waals surface area contributed by atoms with Crippen LogP contribution >= 0.6 is 11.6 Å². The molecule has 14 nitrogen and oxygen atoms in total. The van der Waals surface area contributed by atoms with Gasteiger partial charge in [-0.05, 0) is 54.5 Å². The highest BCUT2D eigenvalue weighted by molar-refractivity contribution is 7.90. The number of benzene rings is 2. The molecule has 2 atom stereocenters. The SMILES string of the molecule is CC(C)(C)CCN=C1NC(F)c2ncnn2-c2cc(ccc2Cl)[C@@H](COC(=O)NCC(F)(F)F)N1C(=O)c1ccc(-c2cnn(S(=O)(=O)C3CC3)c2)c(F)c1. The lowest BCUT2D eigenvalue weighted by Gasteiger charge is -2.34. The van der Waals surface area contributed by atoms with Gasteiger partial charge in [0.15, 0.2) is 5.82 Å². The molecular weight excluding hydrogens is 777 g/mol. The van der Waals surface area contributed by atoms with Crippen molar-refractivity contribution in [1.29, 1.82) is 0 Å². The van der Waals surface area contributed by atoms with Crippen LogP contribution in [0, 0.1) is 11.2 Å². The molecule has 1 aliphatic heterocycles. The van der Waals surface area contributed by atoms with Crippen LogP contribution in [0.1, 0.15) is 74.1 Å². The third kappa shape index (κ3) is 9.07. The zero-order valence-electron chi connectivity index (χ0n) is 29.5. The molecular formula is C34H35ClF5N9O5S. The van der Waals surface area contributed by atoms with Crippen molar-refractivity contribution in [1.82, 2.24) is 39.5 Å². The summed E-state index contributed by atoms with van der Waals surface area (Å²) in [5.74, 6) is -2.63. The Labute approximate surface area is 316 Å². The number of alkyl halides is 4. The topological polar surface area (TPSA) is 166 Å². The van der Waals surface area contributed by atoms with E-state index in [1.807, 2.05) is 20.8 Å². The summed E-state index contributed by atoms with van der Waals surface area (Å²) in [6.45, 7) is 3.31. The van der Waals surface area contributed by atoms with Crippen LogP contribution in [0.25, 0.3) is 16.8 Å². The second-order valence-electron chi connectivity index (χ2n) is 14.1. The van der Waals surface area contributed by atoms with Gasteiger partial charge in [-0.15, -0.1) is 0 Å². The average Bonchev–Trinajstić information content (AvgIpc) is 3.65. The Morgan fingerprint density at radius 1 is 1.11 bits per heavy atom. The van der Waals surface area contributed by atoms with Crippen LogP contribution in [0.5, 0.6) is 0 Å². The Bertz CT molecular complexity index is 2240. The molecule has 2 aromatic carbocycles. The van der Waals surface area contributed by atoms with Gasteiger partial charge in [-0.2, -0.15) is 27.5 Å². The van der Waals surface area contributed by atoms with Crippen LogP contribution in [0.2, 0.25) is 5.02 Å². The van der Waals surface area contributed by atoms with Crippen LogP contribution in [-0.4, -0.2) is 86.4 Å². The van der Waals surface area contributed by atoms with E-state index in [9.17, 15) is 31.2 Å². The van der Waals surface area contributed by atoms with E-state index in [2.05, 4.69) is 25.5 Å². The minimum atomic E-state index is -4.76. The molecule has 6 rings (SSSR count). The summed E-state index contributed by atoms with van der Waals surface area (Å²) in [6, 6.07) is 6.16. The van der Waals surface area contributed by atoms with E-state index < -0.39 is 70.7 Å². The van der Waals surface area contributed by atoms with Crippen LogP contribution in [0.3, 0.4) is 0 Å². The number of hydrogen-bond donors (Lipinski definition) is 2. The number of ether oxygens (including phenoxy) is 1. The normalized spacial score (nSPS) is 18.4. The van der Waals surface area contributed by atoms with Gasteiger partial charge < -0.3 is 15.4 Å². The molecule has 1 unspecified atom stereocenters. The summed E-state index contributed by atoms with van der Waals surface area (Å²) in [7, 11) is -3.75. The van der Waals surface area contributed by atoms with Crippen LogP contribution < -0.4 is 10.6 Å². The maximum Gasteiger partial charge on any atom is 0.407 e. The van der Waals surface area contributed by atoms with E-state index in [1.165, 1.54) is 36.5 Å². The monoisotopic (exact) mass is 811 g/mol. The van der Waals surface area contributed by atoms with Gasteiger partial charge in [0.2, 0.25) is 12.3 Å². The fraction of sp³-hybridized carbons (Fsp3) is 0.412. The van der Waals surface area contributed by atoms with Crippen molar-refractivity contribution in [3.8, 4) is 16.8 Å².